The number of aromatic nitrogens is 2. The highest BCUT2D eigenvalue weighted by Gasteiger charge is 2.27. The van der Waals surface area contributed by atoms with E-state index in [4.69, 9.17) is 13.9 Å². The highest BCUT2D eigenvalue weighted by atomic mass is 16.5. The number of fused-ring (bicyclic) bond motifs is 1. The van der Waals surface area contributed by atoms with Gasteiger partial charge in [-0.05, 0) is 43.2 Å². The van der Waals surface area contributed by atoms with Crippen LogP contribution in [0.1, 0.15) is 19.1 Å². The zero-order valence-corrected chi connectivity index (χ0v) is 13.7. The van der Waals surface area contributed by atoms with Gasteiger partial charge >= 0.3 is 5.69 Å². The number of ether oxygens (including phenoxy) is 2. The molecule has 130 valence electrons. The van der Waals surface area contributed by atoms with E-state index in [2.05, 4.69) is 4.98 Å². The van der Waals surface area contributed by atoms with Crippen LogP contribution in [0.15, 0.2) is 45.7 Å². The molecule has 3 aromatic rings. The number of methoxy groups -OCH3 is 1. The summed E-state index contributed by atoms with van der Waals surface area (Å²) in [5, 5.41) is 9.91. The van der Waals surface area contributed by atoms with Gasteiger partial charge in [-0.3, -0.25) is 4.57 Å². The van der Waals surface area contributed by atoms with Crippen LogP contribution in [0.4, 0.5) is 0 Å². The number of rotatable bonds is 4. The molecule has 1 N–H and O–H groups in total. The molecule has 0 radical (unpaired) electrons. The first kappa shape index (κ1) is 15.9. The Morgan fingerprint density at radius 1 is 1.32 bits per heavy atom. The summed E-state index contributed by atoms with van der Waals surface area (Å²) < 4.78 is 18.0. The molecule has 1 aliphatic rings. The number of benzene rings is 1. The smallest absolute Gasteiger partial charge is 0.353 e. The molecule has 0 amide bonds. The maximum atomic E-state index is 12.3. The molecule has 2 atom stereocenters. The first-order valence-electron chi connectivity index (χ1n) is 8.11. The molecule has 0 aliphatic carbocycles. The Bertz CT molecular complexity index is 944. The maximum Gasteiger partial charge on any atom is 0.353 e. The van der Waals surface area contributed by atoms with Gasteiger partial charge in [0.15, 0.2) is 0 Å². The summed E-state index contributed by atoms with van der Waals surface area (Å²) in [7, 11) is 1.61. The summed E-state index contributed by atoms with van der Waals surface area (Å²) in [6, 6.07) is 9.30. The fourth-order valence-electron chi connectivity index (χ4n) is 3.05. The van der Waals surface area contributed by atoms with Crippen LogP contribution in [0.5, 0.6) is 5.75 Å². The summed E-state index contributed by atoms with van der Waals surface area (Å²) in [5.74, 6) is 1.39. The quantitative estimate of drug-likeness (QED) is 0.783. The lowest BCUT2D eigenvalue weighted by atomic mass is 10.1. The molecule has 7 heteroatoms. The SMILES string of the molecule is COc1ccc(-c2cc3cn([C@H]4CC[C@@H](CO)O4)c(=O)nc3o2)cc1. The van der Waals surface area contributed by atoms with E-state index in [0.29, 0.717) is 24.3 Å². The van der Waals surface area contributed by atoms with E-state index in [9.17, 15) is 9.90 Å². The van der Waals surface area contributed by atoms with Crippen LogP contribution in [-0.4, -0.2) is 34.5 Å². The van der Waals surface area contributed by atoms with E-state index in [1.165, 1.54) is 4.57 Å². The molecular weight excluding hydrogens is 324 g/mol. The van der Waals surface area contributed by atoms with Gasteiger partial charge in [0, 0.05) is 11.8 Å². The minimum absolute atomic E-state index is 0.0474. The number of furan rings is 1. The van der Waals surface area contributed by atoms with Crippen molar-refractivity contribution in [2.75, 3.05) is 13.7 Å². The lowest BCUT2D eigenvalue weighted by Crippen LogP contribution is -2.27. The van der Waals surface area contributed by atoms with Crippen LogP contribution in [-0.2, 0) is 4.74 Å². The highest BCUT2D eigenvalue weighted by molar-refractivity contribution is 5.79. The minimum atomic E-state index is -0.424. The van der Waals surface area contributed by atoms with Crippen LogP contribution in [0.25, 0.3) is 22.4 Å². The van der Waals surface area contributed by atoms with Gasteiger partial charge in [0.25, 0.3) is 0 Å². The van der Waals surface area contributed by atoms with Gasteiger partial charge in [-0.2, -0.15) is 4.98 Å². The van der Waals surface area contributed by atoms with E-state index in [1.807, 2.05) is 30.3 Å². The van der Waals surface area contributed by atoms with Crippen molar-refractivity contribution in [1.29, 1.82) is 0 Å². The first-order chi connectivity index (χ1) is 12.2. The zero-order chi connectivity index (χ0) is 17.4. The van der Waals surface area contributed by atoms with E-state index in [1.54, 1.807) is 13.3 Å². The van der Waals surface area contributed by atoms with Crippen LogP contribution >= 0.6 is 0 Å². The first-order valence-corrected chi connectivity index (χ1v) is 8.11. The largest absolute Gasteiger partial charge is 0.497 e. The van der Waals surface area contributed by atoms with Gasteiger partial charge in [-0.15, -0.1) is 0 Å². The fraction of sp³-hybridized carbons (Fsp3) is 0.333. The standard InChI is InChI=1S/C18H18N2O5/c1-23-13-4-2-11(3-5-13)15-8-12-9-20(18(22)19-17(12)25-15)16-7-6-14(10-21)24-16/h2-5,8-9,14,16,21H,6-7,10H2,1H3/t14-,16+/m0/s1. The van der Waals surface area contributed by atoms with Crippen molar-refractivity contribution >= 4 is 11.1 Å². The van der Waals surface area contributed by atoms with Crippen molar-refractivity contribution in [1.82, 2.24) is 9.55 Å². The lowest BCUT2D eigenvalue weighted by molar-refractivity contribution is -0.0243. The van der Waals surface area contributed by atoms with E-state index in [0.717, 1.165) is 16.7 Å². The minimum Gasteiger partial charge on any atom is -0.497 e. The van der Waals surface area contributed by atoms with Gasteiger partial charge in [0.05, 0.1) is 25.2 Å². The molecule has 0 saturated carbocycles. The molecule has 2 aromatic heterocycles. The maximum absolute atomic E-state index is 12.3. The van der Waals surface area contributed by atoms with Crippen molar-refractivity contribution in [3.63, 3.8) is 0 Å². The Hall–Kier alpha value is -2.64. The van der Waals surface area contributed by atoms with Crippen LogP contribution in [0.3, 0.4) is 0 Å². The summed E-state index contributed by atoms with van der Waals surface area (Å²) in [4.78, 5) is 16.3. The Balaban J connectivity index is 1.70. The Morgan fingerprint density at radius 3 is 2.80 bits per heavy atom. The zero-order valence-electron chi connectivity index (χ0n) is 13.7. The fourth-order valence-corrected chi connectivity index (χ4v) is 3.05. The average molecular weight is 342 g/mol. The number of hydrogen-bond acceptors (Lipinski definition) is 6. The molecule has 0 spiro atoms. The molecule has 3 heterocycles. The van der Waals surface area contributed by atoms with E-state index < -0.39 is 11.9 Å². The summed E-state index contributed by atoms with van der Waals surface area (Å²) in [6.07, 6.45) is 2.45. The number of aliphatic hydroxyl groups excluding tert-OH is 1. The third-order valence-electron chi connectivity index (χ3n) is 4.41. The Labute approximate surface area is 143 Å². The molecule has 1 aromatic carbocycles. The van der Waals surface area contributed by atoms with Gasteiger partial charge in [0.1, 0.15) is 17.7 Å². The Kier molecular flexibility index (Phi) is 4.03. The number of nitrogens with zero attached hydrogens (tertiary/aromatic N) is 2. The second-order valence-corrected chi connectivity index (χ2v) is 6.00. The molecule has 7 nitrogen and oxygen atoms in total. The monoisotopic (exact) mass is 342 g/mol. The van der Waals surface area contributed by atoms with Gasteiger partial charge in [0.2, 0.25) is 5.71 Å². The normalized spacial score (nSPS) is 20.2. The second-order valence-electron chi connectivity index (χ2n) is 6.00. The number of aliphatic hydroxyl groups is 1. The highest BCUT2D eigenvalue weighted by Crippen LogP contribution is 2.30. The lowest BCUT2D eigenvalue weighted by Gasteiger charge is -2.14. The molecule has 1 fully saturated rings. The summed E-state index contributed by atoms with van der Waals surface area (Å²) in [5.41, 5.74) is 0.741. The average Bonchev–Trinajstić information content (AvgIpc) is 3.27. The molecule has 25 heavy (non-hydrogen) atoms. The molecule has 4 rings (SSSR count). The van der Waals surface area contributed by atoms with Crippen LogP contribution < -0.4 is 10.4 Å². The van der Waals surface area contributed by atoms with Crippen LogP contribution in [0.2, 0.25) is 0 Å². The van der Waals surface area contributed by atoms with E-state index >= 15 is 0 Å². The second kappa shape index (κ2) is 6.34. The van der Waals surface area contributed by atoms with Gasteiger partial charge < -0.3 is 19.0 Å². The van der Waals surface area contributed by atoms with Crippen molar-refractivity contribution in [3.05, 3.63) is 47.0 Å². The molecule has 0 unspecified atom stereocenters. The number of hydrogen-bond donors (Lipinski definition) is 1. The predicted molar refractivity (Wildman–Crippen MR) is 90.5 cm³/mol. The third-order valence-corrected chi connectivity index (χ3v) is 4.41. The van der Waals surface area contributed by atoms with Crippen molar-refractivity contribution in [2.24, 2.45) is 0 Å². The molecular formula is C18H18N2O5. The Morgan fingerprint density at radius 2 is 2.12 bits per heavy atom. The summed E-state index contributed by atoms with van der Waals surface area (Å²) in [6.45, 7) is -0.0474. The predicted octanol–water partition coefficient (Wildman–Crippen LogP) is 2.33. The third kappa shape index (κ3) is 2.92. The van der Waals surface area contributed by atoms with E-state index in [-0.39, 0.29) is 12.7 Å². The summed E-state index contributed by atoms with van der Waals surface area (Å²) >= 11 is 0. The van der Waals surface area contributed by atoms with Crippen LogP contribution in [0, 0.1) is 0 Å². The van der Waals surface area contributed by atoms with Crippen molar-refractivity contribution in [2.45, 2.75) is 25.2 Å². The molecule has 0 bridgehead atoms. The van der Waals surface area contributed by atoms with Crippen molar-refractivity contribution in [3.8, 4) is 17.1 Å². The van der Waals surface area contributed by atoms with Crippen molar-refractivity contribution < 1.29 is 19.0 Å². The van der Waals surface area contributed by atoms with Gasteiger partial charge in [-0.25, -0.2) is 4.79 Å². The van der Waals surface area contributed by atoms with Gasteiger partial charge in [-0.1, -0.05) is 0 Å². The topological polar surface area (TPSA) is 86.7 Å². The molecule has 1 saturated heterocycles. The molecule has 1 aliphatic heterocycles.